The smallest absolute Gasteiger partial charge is 0.329 e. The zero-order valence-corrected chi connectivity index (χ0v) is 17.3. The number of hydrogen-bond acceptors (Lipinski definition) is 6. The lowest BCUT2D eigenvalue weighted by Crippen LogP contribution is -2.26. The van der Waals surface area contributed by atoms with Crippen molar-refractivity contribution in [3.05, 3.63) is 71.1 Å². The summed E-state index contributed by atoms with van der Waals surface area (Å²) < 4.78 is 28.0. The van der Waals surface area contributed by atoms with E-state index in [1.807, 2.05) is 42.7 Å². The normalized spacial score (nSPS) is 11.0. The van der Waals surface area contributed by atoms with Gasteiger partial charge in [0.05, 0.1) is 10.6 Å². The summed E-state index contributed by atoms with van der Waals surface area (Å²) >= 11 is 1.08. The zero-order valence-electron chi connectivity index (χ0n) is 15.6. The molecule has 2 N–H and O–H groups in total. The van der Waals surface area contributed by atoms with Crippen LogP contribution in [0.3, 0.4) is 0 Å². The van der Waals surface area contributed by atoms with Gasteiger partial charge in [-0.05, 0) is 30.7 Å². The molecule has 3 rings (SSSR count). The average molecular weight is 431 g/mol. The SMILES string of the molecule is CC(=O)ONC(=O)c1sc(-c2ccccc2)cc1NS(=O)(=O)c1ccc(C)cc1. The van der Waals surface area contributed by atoms with E-state index in [1.54, 1.807) is 18.2 Å². The molecule has 9 heteroatoms. The van der Waals surface area contributed by atoms with Crippen molar-refractivity contribution in [1.82, 2.24) is 5.48 Å². The number of thiophene rings is 1. The van der Waals surface area contributed by atoms with E-state index in [1.165, 1.54) is 12.1 Å². The number of amides is 1. The zero-order chi connectivity index (χ0) is 21.0. The maximum absolute atomic E-state index is 12.8. The molecular formula is C20H18N2O5S2. The van der Waals surface area contributed by atoms with Crippen LogP contribution in [-0.2, 0) is 19.7 Å². The van der Waals surface area contributed by atoms with Crippen molar-refractivity contribution >= 4 is 38.9 Å². The number of carbonyl (C=O) groups excluding carboxylic acids is 2. The molecule has 0 saturated carbocycles. The van der Waals surface area contributed by atoms with Gasteiger partial charge in [-0.1, -0.05) is 48.0 Å². The van der Waals surface area contributed by atoms with Gasteiger partial charge in [0.1, 0.15) is 4.88 Å². The molecule has 0 saturated heterocycles. The molecule has 1 aromatic heterocycles. The molecule has 0 aliphatic heterocycles. The van der Waals surface area contributed by atoms with Crippen LogP contribution in [0.15, 0.2) is 65.6 Å². The number of anilines is 1. The van der Waals surface area contributed by atoms with E-state index in [0.717, 1.165) is 29.4 Å². The summed E-state index contributed by atoms with van der Waals surface area (Å²) in [6.07, 6.45) is 0. The highest BCUT2D eigenvalue weighted by Crippen LogP contribution is 2.36. The van der Waals surface area contributed by atoms with E-state index in [9.17, 15) is 18.0 Å². The van der Waals surface area contributed by atoms with Crippen LogP contribution < -0.4 is 10.2 Å². The van der Waals surface area contributed by atoms with Crippen LogP contribution in [0.2, 0.25) is 0 Å². The molecule has 0 fully saturated rings. The first-order valence-corrected chi connectivity index (χ1v) is 10.8. The van der Waals surface area contributed by atoms with E-state index in [2.05, 4.69) is 9.56 Å². The summed E-state index contributed by atoms with van der Waals surface area (Å²) in [7, 11) is -3.92. The molecule has 0 aliphatic rings. The lowest BCUT2D eigenvalue weighted by Gasteiger charge is -2.09. The Morgan fingerprint density at radius 3 is 2.28 bits per heavy atom. The molecule has 1 amide bonds. The van der Waals surface area contributed by atoms with Crippen molar-refractivity contribution in [1.29, 1.82) is 0 Å². The number of aryl methyl sites for hydroxylation is 1. The maximum Gasteiger partial charge on any atom is 0.329 e. The first-order valence-electron chi connectivity index (χ1n) is 8.53. The summed E-state index contributed by atoms with van der Waals surface area (Å²) in [5.41, 5.74) is 3.86. The first-order chi connectivity index (χ1) is 13.8. The van der Waals surface area contributed by atoms with Crippen LogP contribution in [0.25, 0.3) is 10.4 Å². The van der Waals surface area contributed by atoms with Crippen LogP contribution in [0.5, 0.6) is 0 Å². The van der Waals surface area contributed by atoms with Gasteiger partial charge in [0, 0.05) is 11.8 Å². The molecule has 29 heavy (non-hydrogen) atoms. The predicted octanol–water partition coefficient (Wildman–Crippen LogP) is 3.73. The van der Waals surface area contributed by atoms with Crippen molar-refractivity contribution in [3.8, 4) is 10.4 Å². The van der Waals surface area contributed by atoms with E-state index in [4.69, 9.17) is 0 Å². The fourth-order valence-electron chi connectivity index (χ4n) is 2.47. The molecule has 0 unspecified atom stereocenters. The van der Waals surface area contributed by atoms with Gasteiger partial charge in [0.25, 0.3) is 15.9 Å². The van der Waals surface area contributed by atoms with Crippen molar-refractivity contribution in [2.45, 2.75) is 18.7 Å². The number of carbonyl (C=O) groups is 2. The summed E-state index contributed by atoms with van der Waals surface area (Å²) in [5.74, 6) is -1.42. The Kier molecular flexibility index (Phi) is 6.00. The maximum atomic E-state index is 12.8. The van der Waals surface area contributed by atoms with Gasteiger partial charge in [0.2, 0.25) is 0 Å². The van der Waals surface area contributed by atoms with Gasteiger partial charge in [-0.2, -0.15) is 5.48 Å². The van der Waals surface area contributed by atoms with Gasteiger partial charge in [-0.3, -0.25) is 14.3 Å². The van der Waals surface area contributed by atoms with Gasteiger partial charge in [-0.15, -0.1) is 11.3 Å². The van der Waals surface area contributed by atoms with Crippen molar-refractivity contribution in [3.63, 3.8) is 0 Å². The quantitative estimate of drug-likeness (QED) is 0.601. The van der Waals surface area contributed by atoms with E-state index in [0.29, 0.717) is 4.88 Å². The third-order valence-corrected chi connectivity index (χ3v) is 6.42. The summed E-state index contributed by atoms with van der Waals surface area (Å²) in [6.45, 7) is 3.00. The largest absolute Gasteiger partial charge is 0.341 e. The predicted molar refractivity (Wildman–Crippen MR) is 111 cm³/mol. The van der Waals surface area contributed by atoms with Gasteiger partial charge in [-0.25, -0.2) is 8.42 Å². The Morgan fingerprint density at radius 1 is 1.00 bits per heavy atom. The molecule has 150 valence electrons. The first kappa shape index (κ1) is 20.6. The summed E-state index contributed by atoms with van der Waals surface area (Å²) in [6, 6.07) is 17.1. The van der Waals surface area contributed by atoms with Crippen molar-refractivity contribution in [2.24, 2.45) is 0 Å². The summed E-state index contributed by atoms with van der Waals surface area (Å²) in [5, 5.41) is 0. The fraction of sp³-hybridized carbons (Fsp3) is 0.100. The molecule has 3 aromatic rings. The van der Waals surface area contributed by atoms with E-state index < -0.39 is 21.9 Å². The second-order valence-electron chi connectivity index (χ2n) is 6.16. The van der Waals surface area contributed by atoms with Crippen molar-refractivity contribution < 1.29 is 22.8 Å². The van der Waals surface area contributed by atoms with Gasteiger partial charge < -0.3 is 4.84 Å². The Labute approximate surface area is 172 Å². The van der Waals surface area contributed by atoms with Gasteiger partial charge >= 0.3 is 5.97 Å². The van der Waals surface area contributed by atoms with Gasteiger partial charge in [0.15, 0.2) is 0 Å². The van der Waals surface area contributed by atoms with Crippen LogP contribution in [0.1, 0.15) is 22.2 Å². The average Bonchev–Trinajstić information content (AvgIpc) is 3.10. The number of rotatable bonds is 5. The molecule has 0 atom stereocenters. The molecule has 0 aliphatic carbocycles. The second kappa shape index (κ2) is 8.46. The van der Waals surface area contributed by atoms with E-state index in [-0.39, 0.29) is 15.5 Å². The van der Waals surface area contributed by atoms with Crippen LogP contribution >= 0.6 is 11.3 Å². The standard InChI is InChI=1S/C20H18N2O5S2/c1-13-8-10-16(11-9-13)29(25,26)22-17-12-18(15-6-4-3-5-7-15)28-19(17)20(24)21-27-14(2)23/h3-12,22H,1-2H3,(H,21,24). The highest BCUT2D eigenvalue weighted by atomic mass is 32.2. The van der Waals surface area contributed by atoms with Crippen LogP contribution in [-0.4, -0.2) is 20.3 Å². The highest BCUT2D eigenvalue weighted by Gasteiger charge is 2.23. The number of benzene rings is 2. The minimum atomic E-state index is -3.92. The van der Waals surface area contributed by atoms with Crippen LogP contribution in [0.4, 0.5) is 5.69 Å². The molecule has 0 radical (unpaired) electrons. The molecular weight excluding hydrogens is 412 g/mol. The molecule has 1 heterocycles. The topological polar surface area (TPSA) is 102 Å². The number of sulfonamides is 1. The third-order valence-electron chi connectivity index (χ3n) is 3.86. The minimum absolute atomic E-state index is 0.0702. The highest BCUT2D eigenvalue weighted by molar-refractivity contribution is 7.92. The number of hydroxylamine groups is 1. The lowest BCUT2D eigenvalue weighted by atomic mass is 10.2. The Morgan fingerprint density at radius 2 is 1.66 bits per heavy atom. The Bertz CT molecular complexity index is 1140. The second-order valence-corrected chi connectivity index (χ2v) is 8.90. The molecule has 7 nitrogen and oxygen atoms in total. The Balaban J connectivity index is 1.99. The lowest BCUT2D eigenvalue weighted by molar-refractivity contribution is -0.146. The van der Waals surface area contributed by atoms with Crippen LogP contribution in [0, 0.1) is 6.92 Å². The van der Waals surface area contributed by atoms with Crippen molar-refractivity contribution in [2.75, 3.05) is 4.72 Å². The monoisotopic (exact) mass is 430 g/mol. The number of nitrogens with one attached hydrogen (secondary N) is 2. The molecule has 2 aromatic carbocycles. The van der Waals surface area contributed by atoms with E-state index >= 15 is 0 Å². The molecule has 0 bridgehead atoms. The number of hydrogen-bond donors (Lipinski definition) is 2. The minimum Gasteiger partial charge on any atom is -0.341 e. The fourth-order valence-corrected chi connectivity index (χ4v) is 4.60. The Hall–Kier alpha value is -3.17. The summed E-state index contributed by atoms with van der Waals surface area (Å²) in [4.78, 5) is 28.8. The third kappa shape index (κ3) is 5.01. The molecule has 0 spiro atoms.